The highest BCUT2D eigenvalue weighted by Crippen LogP contribution is 2.47. The predicted octanol–water partition coefficient (Wildman–Crippen LogP) is 3.36. The number of nitrogens with zero attached hydrogens (tertiary/aromatic N) is 3. The molecule has 2 saturated carbocycles. The minimum Gasteiger partial charge on any atom is -0.464 e. The second-order valence-corrected chi connectivity index (χ2v) is 7.56. The minimum absolute atomic E-state index is 0.0140. The van der Waals surface area contributed by atoms with E-state index in [4.69, 9.17) is 4.42 Å². The van der Waals surface area contributed by atoms with Gasteiger partial charge in [-0.1, -0.05) is 6.92 Å². The van der Waals surface area contributed by atoms with Crippen LogP contribution in [0.25, 0.3) is 0 Å². The Hall–Kier alpha value is -2.24. The molecular weight excluding hydrogens is 316 g/mol. The van der Waals surface area contributed by atoms with Crippen molar-refractivity contribution in [3.05, 3.63) is 42.1 Å². The van der Waals surface area contributed by atoms with Crippen molar-refractivity contribution in [2.24, 2.45) is 5.92 Å². The molecule has 134 valence electrons. The number of urea groups is 1. The van der Waals surface area contributed by atoms with Crippen LogP contribution in [0.3, 0.4) is 0 Å². The standard InChI is InChI=1S/C19H26N4O2/c1-13-10-17(13)18-7-6-16(25-18)12-23(15-4-5-15)19(24)21-14(2)11-22-9-3-8-20-22/h3,6-9,13-15,17H,4-5,10-12H2,1-2H3,(H,21,24)/t13-,14+,17+/m0/s1. The SMILES string of the molecule is C[C@H](Cn1cccn1)NC(=O)N(Cc1ccc([C@@H]2C[C@@H]2C)o1)C1CC1. The molecule has 2 heterocycles. The number of furan rings is 1. The maximum atomic E-state index is 12.7. The third-order valence-corrected chi connectivity index (χ3v) is 5.12. The molecule has 0 aromatic carbocycles. The van der Waals surface area contributed by atoms with Gasteiger partial charge >= 0.3 is 6.03 Å². The van der Waals surface area contributed by atoms with E-state index in [1.54, 1.807) is 6.20 Å². The van der Waals surface area contributed by atoms with Crippen molar-refractivity contribution in [2.75, 3.05) is 0 Å². The normalized spacial score (nSPS) is 23.3. The fraction of sp³-hybridized carbons (Fsp3) is 0.579. The molecule has 0 saturated heterocycles. The van der Waals surface area contributed by atoms with Crippen LogP contribution in [0.2, 0.25) is 0 Å². The zero-order chi connectivity index (χ0) is 17.4. The van der Waals surface area contributed by atoms with Gasteiger partial charge in [0.15, 0.2) is 0 Å². The van der Waals surface area contributed by atoms with E-state index >= 15 is 0 Å². The van der Waals surface area contributed by atoms with Crippen LogP contribution in [0, 0.1) is 5.92 Å². The fourth-order valence-corrected chi connectivity index (χ4v) is 3.35. The Labute approximate surface area is 148 Å². The van der Waals surface area contributed by atoms with Gasteiger partial charge in [0.2, 0.25) is 0 Å². The number of hydrogen-bond acceptors (Lipinski definition) is 3. The van der Waals surface area contributed by atoms with Crippen molar-refractivity contribution in [3.63, 3.8) is 0 Å². The first kappa shape index (κ1) is 16.2. The molecule has 3 atom stereocenters. The first-order valence-electron chi connectivity index (χ1n) is 9.23. The molecule has 6 heteroatoms. The Bertz CT molecular complexity index is 720. The lowest BCUT2D eigenvalue weighted by molar-refractivity contribution is 0.182. The summed E-state index contributed by atoms with van der Waals surface area (Å²) in [5.74, 6) is 3.26. The number of nitrogens with one attached hydrogen (secondary N) is 1. The molecule has 0 spiro atoms. The second-order valence-electron chi connectivity index (χ2n) is 7.56. The maximum absolute atomic E-state index is 12.7. The van der Waals surface area contributed by atoms with Crippen LogP contribution in [0.4, 0.5) is 4.79 Å². The Morgan fingerprint density at radius 3 is 2.92 bits per heavy atom. The molecule has 0 unspecified atom stereocenters. The molecule has 2 fully saturated rings. The van der Waals surface area contributed by atoms with Crippen molar-refractivity contribution >= 4 is 6.03 Å². The summed E-state index contributed by atoms with van der Waals surface area (Å²) >= 11 is 0. The highest BCUT2D eigenvalue weighted by molar-refractivity contribution is 5.75. The van der Waals surface area contributed by atoms with Gasteiger partial charge in [-0.05, 0) is 50.3 Å². The summed E-state index contributed by atoms with van der Waals surface area (Å²) < 4.78 is 7.83. The largest absolute Gasteiger partial charge is 0.464 e. The van der Waals surface area contributed by atoms with Crippen LogP contribution < -0.4 is 5.32 Å². The predicted molar refractivity (Wildman–Crippen MR) is 94.0 cm³/mol. The second kappa shape index (κ2) is 6.58. The van der Waals surface area contributed by atoms with E-state index < -0.39 is 0 Å². The lowest BCUT2D eigenvalue weighted by Gasteiger charge is -2.24. The molecule has 6 nitrogen and oxygen atoms in total. The van der Waals surface area contributed by atoms with Crippen molar-refractivity contribution in [1.29, 1.82) is 0 Å². The Kier molecular flexibility index (Phi) is 4.27. The van der Waals surface area contributed by atoms with E-state index in [0.717, 1.165) is 30.3 Å². The Morgan fingerprint density at radius 2 is 2.28 bits per heavy atom. The van der Waals surface area contributed by atoms with Crippen molar-refractivity contribution in [3.8, 4) is 0 Å². The van der Waals surface area contributed by atoms with Crippen LogP contribution in [0.15, 0.2) is 35.0 Å². The van der Waals surface area contributed by atoms with Crippen molar-refractivity contribution < 1.29 is 9.21 Å². The van der Waals surface area contributed by atoms with E-state index in [9.17, 15) is 4.79 Å². The van der Waals surface area contributed by atoms with Gasteiger partial charge in [0.05, 0.1) is 13.1 Å². The summed E-state index contributed by atoms with van der Waals surface area (Å²) in [6, 6.07) is 6.34. The molecule has 2 aliphatic carbocycles. The molecular formula is C19H26N4O2. The molecule has 1 N–H and O–H groups in total. The number of amides is 2. The molecule has 2 aliphatic rings. The third-order valence-electron chi connectivity index (χ3n) is 5.12. The van der Waals surface area contributed by atoms with Gasteiger partial charge in [-0.2, -0.15) is 5.10 Å². The highest BCUT2D eigenvalue weighted by atomic mass is 16.3. The van der Waals surface area contributed by atoms with Crippen LogP contribution in [0.5, 0.6) is 0 Å². The molecule has 0 bridgehead atoms. The number of carbonyl (C=O) groups excluding carboxylic acids is 1. The summed E-state index contributed by atoms with van der Waals surface area (Å²) in [7, 11) is 0. The van der Waals surface area contributed by atoms with Gasteiger partial charge < -0.3 is 14.6 Å². The molecule has 0 aliphatic heterocycles. The van der Waals surface area contributed by atoms with Crippen molar-refractivity contribution in [1.82, 2.24) is 20.0 Å². The topological polar surface area (TPSA) is 63.3 Å². The number of aromatic nitrogens is 2. The Balaban J connectivity index is 1.35. The van der Waals surface area contributed by atoms with Gasteiger partial charge in [0.25, 0.3) is 0 Å². The lowest BCUT2D eigenvalue weighted by atomic mass is 10.3. The van der Waals surface area contributed by atoms with E-state index in [1.807, 2.05) is 34.8 Å². The third kappa shape index (κ3) is 3.89. The van der Waals surface area contributed by atoms with E-state index in [0.29, 0.717) is 25.0 Å². The van der Waals surface area contributed by atoms with Crippen LogP contribution in [0.1, 0.15) is 50.5 Å². The van der Waals surface area contributed by atoms with Gasteiger partial charge in [-0.3, -0.25) is 4.68 Å². The van der Waals surface area contributed by atoms with E-state index in [-0.39, 0.29) is 12.1 Å². The highest BCUT2D eigenvalue weighted by Gasteiger charge is 2.37. The number of hydrogen-bond donors (Lipinski definition) is 1. The van der Waals surface area contributed by atoms with Gasteiger partial charge in [-0.15, -0.1) is 0 Å². The Morgan fingerprint density at radius 1 is 1.48 bits per heavy atom. The lowest BCUT2D eigenvalue weighted by Crippen LogP contribution is -2.45. The average molecular weight is 342 g/mol. The molecule has 4 rings (SSSR count). The first-order chi connectivity index (χ1) is 12.1. The average Bonchev–Trinajstić information content (AvgIpc) is 3.43. The molecule has 0 radical (unpaired) electrons. The number of rotatable bonds is 7. The quantitative estimate of drug-likeness (QED) is 0.839. The fourth-order valence-electron chi connectivity index (χ4n) is 3.35. The molecule has 2 amide bonds. The summed E-state index contributed by atoms with van der Waals surface area (Å²) in [5, 5.41) is 7.28. The minimum atomic E-state index is -0.0140. The van der Waals surface area contributed by atoms with Crippen LogP contribution in [-0.2, 0) is 13.1 Å². The summed E-state index contributed by atoms with van der Waals surface area (Å²) in [5.41, 5.74) is 0. The zero-order valence-corrected chi connectivity index (χ0v) is 14.9. The number of carbonyl (C=O) groups is 1. The van der Waals surface area contributed by atoms with Crippen molar-refractivity contribution in [2.45, 2.75) is 64.2 Å². The zero-order valence-electron chi connectivity index (χ0n) is 14.9. The summed E-state index contributed by atoms with van der Waals surface area (Å²) in [4.78, 5) is 14.6. The van der Waals surface area contributed by atoms with Crippen LogP contribution in [-0.4, -0.2) is 32.8 Å². The first-order valence-corrected chi connectivity index (χ1v) is 9.23. The van der Waals surface area contributed by atoms with E-state index in [1.165, 1.54) is 6.42 Å². The summed E-state index contributed by atoms with van der Waals surface area (Å²) in [6.45, 7) is 5.47. The van der Waals surface area contributed by atoms with Crippen LogP contribution >= 0.6 is 0 Å². The molecule has 25 heavy (non-hydrogen) atoms. The van der Waals surface area contributed by atoms with E-state index in [2.05, 4.69) is 23.4 Å². The van der Waals surface area contributed by atoms with Gasteiger partial charge in [0.1, 0.15) is 11.5 Å². The maximum Gasteiger partial charge on any atom is 0.318 e. The molecule has 2 aromatic rings. The van der Waals surface area contributed by atoms with Gasteiger partial charge in [-0.25, -0.2) is 4.79 Å². The smallest absolute Gasteiger partial charge is 0.318 e. The molecule has 2 aromatic heterocycles. The monoisotopic (exact) mass is 342 g/mol. The van der Waals surface area contributed by atoms with Gasteiger partial charge in [0, 0.05) is 30.4 Å². The summed E-state index contributed by atoms with van der Waals surface area (Å²) in [6.07, 6.45) is 7.03.